The minimum atomic E-state index is -0.0518. The molecule has 30 heavy (non-hydrogen) atoms. The molecule has 1 aromatic carbocycles. The molecule has 1 amide bonds. The second-order valence-corrected chi connectivity index (χ2v) is 7.02. The van der Waals surface area contributed by atoms with Gasteiger partial charge in [0, 0.05) is 56.1 Å². The van der Waals surface area contributed by atoms with Gasteiger partial charge in [0.25, 0.3) is 5.91 Å². The fourth-order valence-corrected chi connectivity index (χ4v) is 3.56. The zero-order valence-corrected chi connectivity index (χ0v) is 18.3. The van der Waals surface area contributed by atoms with E-state index < -0.39 is 0 Å². The molecule has 0 unspecified atom stereocenters. The molecule has 0 radical (unpaired) electrons. The van der Waals surface area contributed by atoms with Crippen molar-refractivity contribution >= 4 is 41.6 Å². The van der Waals surface area contributed by atoms with Gasteiger partial charge in [0.2, 0.25) is 0 Å². The van der Waals surface area contributed by atoms with E-state index >= 15 is 0 Å². The first-order valence-corrected chi connectivity index (χ1v) is 9.83. The van der Waals surface area contributed by atoms with Crippen molar-refractivity contribution in [2.45, 2.75) is 6.42 Å². The Morgan fingerprint density at radius 1 is 1.10 bits per heavy atom. The number of hydrogen-bond donors (Lipinski definition) is 2. The van der Waals surface area contributed by atoms with Crippen LogP contribution in [0.4, 0.5) is 0 Å². The van der Waals surface area contributed by atoms with E-state index in [0.717, 1.165) is 61.3 Å². The SMILES string of the molecule is Cl.Cl.O=C(NCCCN1CCNCC1)c1cc(-c2cccnc2)nc2ccccc12. The van der Waals surface area contributed by atoms with Crippen LogP contribution in [-0.4, -0.2) is 60.0 Å². The number of rotatable bonds is 6. The summed E-state index contributed by atoms with van der Waals surface area (Å²) < 4.78 is 0. The lowest BCUT2D eigenvalue weighted by molar-refractivity contribution is 0.0953. The summed E-state index contributed by atoms with van der Waals surface area (Å²) in [6.45, 7) is 5.94. The number of amides is 1. The van der Waals surface area contributed by atoms with Crippen LogP contribution in [0, 0.1) is 0 Å². The van der Waals surface area contributed by atoms with Crippen molar-refractivity contribution in [3.8, 4) is 11.3 Å². The van der Waals surface area contributed by atoms with E-state index in [1.165, 1.54) is 0 Å². The topological polar surface area (TPSA) is 70.2 Å². The van der Waals surface area contributed by atoms with Crippen LogP contribution in [0.25, 0.3) is 22.2 Å². The van der Waals surface area contributed by atoms with Gasteiger partial charge in [0.1, 0.15) is 0 Å². The van der Waals surface area contributed by atoms with Crippen molar-refractivity contribution in [3.05, 3.63) is 60.4 Å². The molecule has 0 spiro atoms. The lowest BCUT2D eigenvalue weighted by atomic mass is 10.0. The Morgan fingerprint density at radius 2 is 1.90 bits per heavy atom. The van der Waals surface area contributed by atoms with Gasteiger partial charge in [-0.1, -0.05) is 18.2 Å². The first-order valence-electron chi connectivity index (χ1n) is 9.83. The van der Waals surface area contributed by atoms with Crippen LogP contribution in [0.3, 0.4) is 0 Å². The lowest BCUT2D eigenvalue weighted by Crippen LogP contribution is -2.44. The number of para-hydroxylation sites is 1. The zero-order valence-electron chi connectivity index (χ0n) is 16.7. The molecule has 0 bridgehead atoms. The number of hydrogen-bond acceptors (Lipinski definition) is 5. The van der Waals surface area contributed by atoms with Crippen molar-refractivity contribution in [2.75, 3.05) is 39.3 Å². The van der Waals surface area contributed by atoms with Crippen molar-refractivity contribution in [2.24, 2.45) is 0 Å². The number of fused-ring (bicyclic) bond motifs is 1. The number of pyridine rings is 2. The molecular weight excluding hydrogens is 421 g/mol. The maximum Gasteiger partial charge on any atom is 0.252 e. The summed E-state index contributed by atoms with van der Waals surface area (Å²) >= 11 is 0. The summed E-state index contributed by atoms with van der Waals surface area (Å²) in [7, 11) is 0. The van der Waals surface area contributed by atoms with E-state index in [-0.39, 0.29) is 30.7 Å². The van der Waals surface area contributed by atoms with Crippen LogP contribution in [0.2, 0.25) is 0 Å². The summed E-state index contributed by atoms with van der Waals surface area (Å²) in [6.07, 6.45) is 4.45. The molecule has 6 nitrogen and oxygen atoms in total. The third kappa shape index (κ3) is 5.89. The number of nitrogens with one attached hydrogen (secondary N) is 2. The Balaban J connectivity index is 0.00000160. The van der Waals surface area contributed by atoms with Gasteiger partial charge < -0.3 is 15.5 Å². The number of aromatic nitrogens is 2. The number of piperazine rings is 1. The number of halogens is 2. The van der Waals surface area contributed by atoms with Crippen LogP contribution in [0.1, 0.15) is 16.8 Å². The quantitative estimate of drug-likeness (QED) is 0.567. The van der Waals surface area contributed by atoms with Gasteiger partial charge >= 0.3 is 0 Å². The van der Waals surface area contributed by atoms with E-state index in [4.69, 9.17) is 4.98 Å². The van der Waals surface area contributed by atoms with Crippen molar-refractivity contribution < 1.29 is 4.79 Å². The number of carbonyl (C=O) groups is 1. The summed E-state index contributed by atoms with van der Waals surface area (Å²) in [5.74, 6) is -0.0518. The highest BCUT2D eigenvalue weighted by atomic mass is 35.5. The van der Waals surface area contributed by atoms with E-state index in [1.54, 1.807) is 12.4 Å². The zero-order chi connectivity index (χ0) is 19.2. The summed E-state index contributed by atoms with van der Waals surface area (Å²) in [5.41, 5.74) is 3.14. The molecule has 0 aliphatic carbocycles. The van der Waals surface area contributed by atoms with Gasteiger partial charge in [0.15, 0.2) is 0 Å². The molecule has 1 saturated heterocycles. The molecule has 0 atom stereocenters. The Kier molecular flexibility index (Phi) is 9.46. The molecule has 2 aromatic heterocycles. The van der Waals surface area contributed by atoms with Gasteiger partial charge in [-0.25, -0.2) is 4.98 Å². The maximum atomic E-state index is 12.9. The lowest BCUT2D eigenvalue weighted by Gasteiger charge is -2.27. The monoisotopic (exact) mass is 447 g/mol. The minimum Gasteiger partial charge on any atom is -0.352 e. The van der Waals surface area contributed by atoms with Gasteiger partial charge in [-0.2, -0.15) is 0 Å². The smallest absolute Gasteiger partial charge is 0.252 e. The third-order valence-corrected chi connectivity index (χ3v) is 5.06. The highest BCUT2D eigenvalue weighted by Crippen LogP contribution is 2.24. The molecule has 1 fully saturated rings. The average molecular weight is 448 g/mol. The van der Waals surface area contributed by atoms with Gasteiger partial charge in [-0.05, 0) is 37.2 Å². The standard InChI is InChI=1S/C22H25N5O.2ClH/c28-22(25-9-4-12-27-13-10-23-11-14-27)19-15-21(17-5-3-8-24-16-17)26-20-7-2-1-6-18(19)20;;/h1-3,5-8,15-16,23H,4,9-14H2,(H,25,28);2*1H. The Bertz CT molecular complexity index is 949. The molecule has 3 aromatic rings. The van der Waals surface area contributed by atoms with Crippen LogP contribution in [-0.2, 0) is 0 Å². The second kappa shape index (κ2) is 11.8. The van der Waals surface area contributed by atoms with Crippen LogP contribution < -0.4 is 10.6 Å². The molecule has 4 rings (SSSR count). The second-order valence-electron chi connectivity index (χ2n) is 7.02. The molecule has 160 valence electrons. The van der Waals surface area contributed by atoms with E-state index in [1.807, 2.05) is 42.5 Å². The van der Waals surface area contributed by atoms with Crippen molar-refractivity contribution in [3.63, 3.8) is 0 Å². The third-order valence-electron chi connectivity index (χ3n) is 5.06. The van der Waals surface area contributed by atoms with E-state index in [2.05, 4.69) is 20.5 Å². The predicted octanol–water partition coefficient (Wildman–Crippen LogP) is 3.17. The van der Waals surface area contributed by atoms with Crippen LogP contribution in [0.5, 0.6) is 0 Å². The fraction of sp³-hybridized carbons (Fsp3) is 0.318. The highest BCUT2D eigenvalue weighted by Gasteiger charge is 2.14. The minimum absolute atomic E-state index is 0. The Labute approximate surface area is 189 Å². The van der Waals surface area contributed by atoms with Crippen LogP contribution >= 0.6 is 24.8 Å². The molecule has 0 saturated carbocycles. The van der Waals surface area contributed by atoms with Crippen molar-refractivity contribution in [1.82, 2.24) is 25.5 Å². The maximum absolute atomic E-state index is 12.9. The number of nitrogens with zero attached hydrogens (tertiary/aromatic N) is 3. The van der Waals surface area contributed by atoms with E-state index in [0.29, 0.717) is 12.1 Å². The summed E-state index contributed by atoms with van der Waals surface area (Å²) in [5, 5.41) is 7.31. The fourth-order valence-electron chi connectivity index (χ4n) is 3.56. The number of benzene rings is 1. The Hall–Kier alpha value is -2.25. The summed E-state index contributed by atoms with van der Waals surface area (Å²) in [4.78, 5) is 24.2. The first-order chi connectivity index (χ1) is 13.8. The van der Waals surface area contributed by atoms with Gasteiger partial charge in [-0.3, -0.25) is 9.78 Å². The van der Waals surface area contributed by atoms with E-state index in [9.17, 15) is 4.79 Å². The van der Waals surface area contributed by atoms with Gasteiger partial charge in [-0.15, -0.1) is 24.8 Å². The molecule has 1 aliphatic rings. The molecule has 2 N–H and O–H groups in total. The summed E-state index contributed by atoms with van der Waals surface area (Å²) in [6, 6.07) is 13.5. The molecule has 3 heterocycles. The molecular formula is C22H27Cl2N5O. The molecule has 8 heteroatoms. The first kappa shape index (κ1) is 24.0. The van der Waals surface area contributed by atoms with Crippen LogP contribution in [0.15, 0.2) is 54.9 Å². The number of carbonyl (C=O) groups excluding carboxylic acids is 1. The average Bonchev–Trinajstić information content (AvgIpc) is 2.77. The highest BCUT2D eigenvalue weighted by molar-refractivity contribution is 6.07. The normalized spacial score (nSPS) is 13.9. The molecule has 1 aliphatic heterocycles. The Morgan fingerprint density at radius 3 is 2.67 bits per heavy atom. The van der Waals surface area contributed by atoms with Gasteiger partial charge in [0.05, 0.1) is 16.8 Å². The predicted molar refractivity (Wildman–Crippen MR) is 126 cm³/mol. The largest absolute Gasteiger partial charge is 0.352 e. The van der Waals surface area contributed by atoms with Crippen molar-refractivity contribution in [1.29, 1.82) is 0 Å².